The number of carbonyl (C=O) groups is 4. The SMILES string of the molecule is Cn1c(C2CC2C(=O)O)c(-c2ccc(C(=O)N3CCCC3)cc2)c2c(N(C(=O)OC(C)(C)C)C(=O)OC(C)(C)C)ncnc21. The first kappa shape index (κ1) is 31.0. The number of benzene rings is 1. The van der Waals surface area contributed by atoms with Crippen LogP contribution in [-0.4, -0.2) is 72.9 Å². The van der Waals surface area contributed by atoms with Crippen molar-refractivity contribution >= 4 is 40.9 Å². The van der Waals surface area contributed by atoms with E-state index in [0.29, 0.717) is 39.8 Å². The molecule has 12 nitrogen and oxygen atoms in total. The van der Waals surface area contributed by atoms with Crippen LogP contribution in [-0.2, 0) is 21.3 Å². The van der Waals surface area contributed by atoms with E-state index >= 15 is 0 Å². The van der Waals surface area contributed by atoms with Gasteiger partial charge in [-0.25, -0.2) is 19.6 Å². The molecule has 234 valence electrons. The average Bonchev–Trinajstić information content (AvgIpc) is 3.39. The van der Waals surface area contributed by atoms with Gasteiger partial charge < -0.3 is 24.0 Å². The number of nitrogens with zero attached hydrogens (tertiary/aromatic N) is 5. The van der Waals surface area contributed by atoms with Gasteiger partial charge >= 0.3 is 18.2 Å². The van der Waals surface area contributed by atoms with E-state index in [1.165, 1.54) is 6.33 Å². The van der Waals surface area contributed by atoms with Crippen molar-refractivity contribution in [1.29, 1.82) is 0 Å². The van der Waals surface area contributed by atoms with Crippen molar-refractivity contribution in [3.05, 3.63) is 41.9 Å². The van der Waals surface area contributed by atoms with E-state index in [4.69, 9.17) is 9.47 Å². The minimum atomic E-state index is -0.982. The van der Waals surface area contributed by atoms with Crippen LogP contribution in [0.25, 0.3) is 22.2 Å². The second-order valence-corrected chi connectivity index (χ2v) is 13.4. The molecule has 1 saturated carbocycles. The van der Waals surface area contributed by atoms with Gasteiger partial charge in [-0.05, 0) is 78.5 Å². The lowest BCUT2D eigenvalue weighted by Gasteiger charge is -2.28. The number of aryl methyl sites for hydroxylation is 1. The molecule has 1 aliphatic heterocycles. The summed E-state index contributed by atoms with van der Waals surface area (Å²) >= 11 is 0. The highest BCUT2D eigenvalue weighted by Crippen LogP contribution is 2.53. The van der Waals surface area contributed by atoms with Gasteiger partial charge in [0.1, 0.15) is 23.2 Å². The van der Waals surface area contributed by atoms with E-state index in [-0.39, 0.29) is 17.6 Å². The van der Waals surface area contributed by atoms with Gasteiger partial charge in [0, 0.05) is 42.9 Å². The number of rotatable bonds is 5. The number of fused-ring (bicyclic) bond motifs is 1. The number of hydrogen-bond donors (Lipinski definition) is 1. The number of imide groups is 1. The Labute approximate surface area is 256 Å². The lowest BCUT2D eigenvalue weighted by molar-refractivity contribution is -0.138. The first-order valence-electron chi connectivity index (χ1n) is 14.8. The minimum Gasteiger partial charge on any atom is -0.481 e. The van der Waals surface area contributed by atoms with Crippen LogP contribution in [0.5, 0.6) is 0 Å². The third kappa shape index (κ3) is 6.11. The average molecular weight is 606 g/mol. The largest absolute Gasteiger partial charge is 0.481 e. The Kier molecular flexibility index (Phi) is 7.89. The Hall–Kier alpha value is -4.48. The predicted octanol–water partition coefficient (Wildman–Crippen LogP) is 5.74. The number of ether oxygens (including phenoxy) is 2. The predicted molar refractivity (Wildman–Crippen MR) is 163 cm³/mol. The summed E-state index contributed by atoms with van der Waals surface area (Å²) in [5, 5.41) is 10.2. The molecule has 0 bridgehead atoms. The lowest BCUT2D eigenvalue weighted by Crippen LogP contribution is -2.44. The van der Waals surface area contributed by atoms with Gasteiger partial charge in [-0.1, -0.05) is 12.1 Å². The maximum absolute atomic E-state index is 13.6. The number of carbonyl (C=O) groups excluding carboxylic acids is 3. The molecule has 2 unspecified atom stereocenters. The molecule has 1 N–H and O–H groups in total. The van der Waals surface area contributed by atoms with Crippen molar-refractivity contribution in [2.24, 2.45) is 13.0 Å². The van der Waals surface area contributed by atoms with Gasteiger partial charge in [0.05, 0.1) is 11.3 Å². The van der Waals surface area contributed by atoms with E-state index in [2.05, 4.69) is 9.97 Å². The highest BCUT2D eigenvalue weighted by Gasteiger charge is 2.48. The van der Waals surface area contributed by atoms with E-state index < -0.39 is 35.3 Å². The molecule has 0 radical (unpaired) electrons. The number of aromatic nitrogens is 3. The highest BCUT2D eigenvalue weighted by atomic mass is 16.6. The third-order valence-electron chi connectivity index (χ3n) is 7.63. The van der Waals surface area contributed by atoms with Crippen LogP contribution >= 0.6 is 0 Å². The van der Waals surface area contributed by atoms with Gasteiger partial charge in [0.2, 0.25) is 0 Å². The quantitative estimate of drug-likeness (QED) is 0.385. The number of hydrogen-bond acceptors (Lipinski definition) is 8. The number of amides is 3. The number of carboxylic acid groups (broad SMARTS) is 1. The molecule has 2 aliphatic rings. The van der Waals surface area contributed by atoms with Gasteiger partial charge in [0.15, 0.2) is 5.82 Å². The Morgan fingerprint density at radius 1 is 0.909 bits per heavy atom. The second-order valence-electron chi connectivity index (χ2n) is 13.4. The Bertz CT molecular complexity index is 1600. The van der Waals surface area contributed by atoms with Crippen LogP contribution in [0.3, 0.4) is 0 Å². The smallest absolute Gasteiger partial charge is 0.425 e. The standard InChI is InChI=1S/C32H39N5O7/c1-31(2,3)43-29(41)37(30(42)44-32(4,5)6)26-23-22(18-10-12-19(13-11-18)27(38)36-14-8-9-15-36)24(20-16-21(20)28(39)40)35(7)25(23)33-17-34-26/h10-13,17,20-21H,8-9,14-16H2,1-7H3,(H,39,40). The van der Waals surface area contributed by atoms with Crippen LogP contribution in [0, 0.1) is 5.92 Å². The van der Waals surface area contributed by atoms with Crippen LogP contribution in [0.2, 0.25) is 0 Å². The normalized spacial score (nSPS) is 18.3. The van der Waals surface area contributed by atoms with Crippen LogP contribution < -0.4 is 4.90 Å². The fourth-order valence-corrected chi connectivity index (χ4v) is 5.67. The topological polar surface area (TPSA) is 144 Å². The molecule has 3 heterocycles. The number of likely N-dealkylation sites (tertiary alicyclic amines) is 1. The third-order valence-corrected chi connectivity index (χ3v) is 7.63. The van der Waals surface area contributed by atoms with Gasteiger partial charge in [-0.3, -0.25) is 9.59 Å². The van der Waals surface area contributed by atoms with Crippen molar-refractivity contribution in [2.75, 3.05) is 18.0 Å². The van der Waals surface area contributed by atoms with Gasteiger partial charge in [0.25, 0.3) is 5.91 Å². The summed E-state index contributed by atoms with van der Waals surface area (Å²) in [6.07, 6.45) is 1.65. The molecule has 1 saturated heterocycles. The number of aliphatic carboxylic acids is 1. The molecule has 2 atom stereocenters. The molecule has 3 aromatic rings. The molecule has 2 fully saturated rings. The second kappa shape index (κ2) is 11.2. The fraction of sp³-hybridized carbons (Fsp3) is 0.500. The first-order chi connectivity index (χ1) is 20.6. The Morgan fingerprint density at radius 3 is 1.98 bits per heavy atom. The highest BCUT2D eigenvalue weighted by molar-refractivity contribution is 6.16. The van der Waals surface area contributed by atoms with Crippen molar-refractivity contribution in [2.45, 2.75) is 77.9 Å². The van der Waals surface area contributed by atoms with Gasteiger partial charge in [-0.2, -0.15) is 4.90 Å². The maximum Gasteiger partial charge on any atom is 0.425 e. The molecule has 5 rings (SSSR count). The molecule has 1 aromatic carbocycles. The van der Waals surface area contributed by atoms with Crippen LogP contribution in [0.1, 0.15) is 82.8 Å². The Morgan fingerprint density at radius 2 is 1.48 bits per heavy atom. The van der Waals surface area contributed by atoms with E-state index in [9.17, 15) is 24.3 Å². The summed E-state index contributed by atoms with van der Waals surface area (Å²) in [6.45, 7) is 11.5. The zero-order chi connectivity index (χ0) is 32.1. The fourth-order valence-electron chi connectivity index (χ4n) is 5.67. The van der Waals surface area contributed by atoms with Crippen molar-refractivity contribution in [3.63, 3.8) is 0 Å². The summed E-state index contributed by atoms with van der Waals surface area (Å²) in [6, 6.07) is 7.07. The molecule has 0 spiro atoms. The molecule has 1 aliphatic carbocycles. The van der Waals surface area contributed by atoms with E-state index in [1.54, 1.807) is 77.4 Å². The molecule has 3 amide bonds. The maximum atomic E-state index is 13.6. The Balaban J connectivity index is 1.72. The summed E-state index contributed by atoms with van der Waals surface area (Å²) in [5.74, 6) is -1.95. The minimum absolute atomic E-state index is 0.0506. The van der Waals surface area contributed by atoms with Crippen molar-refractivity contribution in [3.8, 4) is 11.1 Å². The molecular formula is C32H39N5O7. The molecular weight excluding hydrogens is 566 g/mol. The van der Waals surface area contributed by atoms with E-state index in [1.807, 2.05) is 4.90 Å². The summed E-state index contributed by atoms with van der Waals surface area (Å²) < 4.78 is 13.0. The zero-order valence-electron chi connectivity index (χ0n) is 26.2. The molecule has 2 aromatic heterocycles. The summed E-state index contributed by atoms with van der Waals surface area (Å²) in [5.41, 5.74) is 0.968. The lowest BCUT2D eigenvalue weighted by atomic mass is 9.98. The van der Waals surface area contributed by atoms with Crippen LogP contribution in [0.4, 0.5) is 15.4 Å². The monoisotopic (exact) mass is 605 g/mol. The first-order valence-corrected chi connectivity index (χ1v) is 14.8. The summed E-state index contributed by atoms with van der Waals surface area (Å²) in [4.78, 5) is 63.8. The van der Waals surface area contributed by atoms with Crippen molar-refractivity contribution in [1.82, 2.24) is 19.4 Å². The van der Waals surface area contributed by atoms with E-state index in [0.717, 1.165) is 30.8 Å². The van der Waals surface area contributed by atoms with Gasteiger partial charge in [-0.15, -0.1) is 0 Å². The molecule has 12 heteroatoms. The van der Waals surface area contributed by atoms with Crippen molar-refractivity contribution < 1.29 is 33.8 Å². The number of anilines is 1. The zero-order valence-corrected chi connectivity index (χ0v) is 26.2. The number of carboxylic acids is 1. The summed E-state index contributed by atoms with van der Waals surface area (Å²) in [7, 11) is 1.77. The molecule has 44 heavy (non-hydrogen) atoms. The van der Waals surface area contributed by atoms with Crippen LogP contribution in [0.15, 0.2) is 30.6 Å².